The maximum Gasteiger partial charge on any atom is 0.294 e. The van der Waals surface area contributed by atoms with Crippen molar-refractivity contribution in [3.63, 3.8) is 0 Å². The maximum absolute atomic E-state index is 12.5. The Kier molecular flexibility index (Phi) is 6.91. The molecule has 3 rings (SSSR count). The molecule has 1 atom stereocenters. The van der Waals surface area contributed by atoms with Crippen LogP contribution in [0.1, 0.15) is 19.8 Å². The van der Waals surface area contributed by atoms with Crippen LogP contribution in [-0.4, -0.2) is 46.2 Å². The minimum Gasteiger partial charge on any atom is -0.383 e. The molecule has 1 heterocycles. The quantitative estimate of drug-likeness (QED) is 0.460. The number of hydrogen-bond acceptors (Lipinski definition) is 7. The molecule has 9 nitrogen and oxygen atoms in total. The Hall–Kier alpha value is -2.69. The molecule has 2 N–H and O–H groups in total. The highest BCUT2D eigenvalue weighted by atomic mass is 32.2. The van der Waals surface area contributed by atoms with Crippen molar-refractivity contribution in [3.05, 3.63) is 52.6 Å². The summed E-state index contributed by atoms with van der Waals surface area (Å²) in [7, 11) is -2.44. The van der Waals surface area contributed by atoms with Crippen molar-refractivity contribution in [2.24, 2.45) is 0 Å². The van der Waals surface area contributed by atoms with Gasteiger partial charge in [-0.3, -0.25) is 10.1 Å². The van der Waals surface area contributed by atoms with E-state index in [1.807, 2.05) is 24.3 Å². The fraction of sp³-hybridized carbons (Fsp3) is 0.400. The summed E-state index contributed by atoms with van der Waals surface area (Å²) in [5, 5.41) is 14.6. The molecular formula is C20H26N4O5S. The molecule has 2 aromatic rings. The van der Waals surface area contributed by atoms with Crippen LogP contribution in [0.4, 0.5) is 22.7 Å². The van der Waals surface area contributed by atoms with Gasteiger partial charge in [0.1, 0.15) is 5.69 Å². The lowest BCUT2D eigenvalue weighted by Crippen LogP contribution is -2.35. The third kappa shape index (κ3) is 5.26. The summed E-state index contributed by atoms with van der Waals surface area (Å²) in [5.74, 6) is 0. The second kappa shape index (κ2) is 9.41. The first-order valence-electron chi connectivity index (χ1n) is 9.72. The zero-order valence-electron chi connectivity index (χ0n) is 17.0. The molecular weight excluding hydrogens is 408 g/mol. The van der Waals surface area contributed by atoms with Crippen LogP contribution < -0.4 is 14.9 Å². The molecule has 0 radical (unpaired) electrons. The minimum atomic E-state index is -3.91. The number of anilines is 3. The summed E-state index contributed by atoms with van der Waals surface area (Å²) in [5.41, 5.74) is 1.70. The Bertz CT molecular complexity index is 989. The monoisotopic (exact) mass is 434 g/mol. The summed E-state index contributed by atoms with van der Waals surface area (Å²) in [6.45, 7) is 3.90. The first kappa shape index (κ1) is 22.0. The van der Waals surface area contributed by atoms with Gasteiger partial charge in [-0.1, -0.05) is 0 Å². The predicted molar refractivity (Wildman–Crippen MR) is 116 cm³/mol. The van der Waals surface area contributed by atoms with E-state index < -0.39 is 21.0 Å². The molecule has 0 spiro atoms. The highest BCUT2D eigenvalue weighted by Gasteiger charge is 2.23. The van der Waals surface area contributed by atoms with E-state index in [0.29, 0.717) is 5.69 Å². The molecule has 0 aliphatic carbocycles. The molecule has 0 aromatic heterocycles. The van der Waals surface area contributed by atoms with Gasteiger partial charge < -0.3 is 15.0 Å². The highest BCUT2D eigenvalue weighted by molar-refractivity contribution is 7.89. The number of benzene rings is 2. The average molecular weight is 435 g/mol. The van der Waals surface area contributed by atoms with E-state index in [-0.39, 0.29) is 22.9 Å². The molecule has 0 unspecified atom stereocenters. The number of nitro groups is 1. The molecule has 2 aromatic carbocycles. The van der Waals surface area contributed by atoms with E-state index in [1.165, 1.54) is 32.1 Å². The minimum absolute atomic E-state index is 0.174. The van der Waals surface area contributed by atoms with E-state index in [1.54, 1.807) is 6.92 Å². The van der Waals surface area contributed by atoms with Crippen LogP contribution in [0.5, 0.6) is 0 Å². The van der Waals surface area contributed by atoms with Crippen LogP contribution >= 0.6 is 0 Å². The third-order valence-electron chi connectivity index (χ3n) is 4.87. The lowest BCUT2D eigenvalue weighted by molar-refractivity contribution is -0.384. The van der Waals surface area contributed by atoms with Gasteiger partial charge in [0.2, 0.25) is 10.0 Å². The number of nitro benzene ring substituents is 1. The van der Waals surface area contributed by atoms with E-state index >= 15 is 0 Å². The molecule has 1 saturated heterocycles. The molecule has 1 aliphatic heterocycles. The van der Waals surface area contributed by atoms with Gasteiger partial charge in [0.25, 0.3) is 5.69 Å². The van der Waals surface area contributed by atoms with Gasteiger partial charge in [-0.2, -0.15) is 0 Å². The van der Waals surface area contributed by atoms with Crippen molar-refractivity contribution in [3.8, 4) is 0 Å². The molecule has 1 aliphatic rings. The molecule has 162 valence electrons. The van der Waals surface area contributed by atoms with Crippen molar-refractivity contribution in [2.75, 3.05) is 37.0 Å². The Balaban J connectivity index is 1.81. The summed E-state index contributed by atoms with van der Waals surface area (Å²) < 4.78 is 32.4. The van der Waals surface area contributed by atoms with E-state index in [9.17, 15) is 18.5 Å². The van der Waals surface area contributed by atoms with E-state index in [4.69, 9.17) is 4.74 Å². The number of methoxy groups -OCH3 is 1. The van der Waals surface area contributed by atoms with Crippen LogP contribution in [0.15, 0.2) is 47.4 Å². The number of sulfonamides is 1. The maximum atomic E-state index is 12.5. The van der Waals surface area contributed by atoms with Gasteiger partial charge in [0.15, 0.2) is 0 Å². The fourth-order valence-electron chi connectivity index (χ4n) is 3.44. The normalized spacial score (nSPS) is 15.2. The van der Waals surface area contributed by atoms with Gasteiger partial charge in [0.05, 0.1) is 16.4 Å². The number of nitrogens with one attached hydrogen (secondary N) is 2. The standard InChI is InChI=1S/C20H26N4O5S/c1-15(14-29-2)22-30(27,28)18-9-10-19(20(13-18)24(25)26)21-16-5-7-17(8-6-16)23-11-3-4-12-23/h5-10,13,15,21-22H,3-4,11-12,14H2,1-2H3/t15-/m1/s1. The zero-order chi connectivity index (χ0) is 21.7. The second-order valence-electron chi connectivity index (χ2n) is 7.28. The van der Waals surface area contributed by atoms with Crippen LogP contribution in [0.25, 0.3) is 0 Å². The zero-order valence-corrected chi connectivity index (χ0v) is 17.8. The summed E-state index contributed by atoms with van der Waals surface area (Å²) in [6.07, 6.45) is 2.36. The molecule has 10 heteroatoms. The van der Waals surface area contributed by atoms with Gasteiger partial charge in [-0.15, -0.1) is 0 Å². The molecule has 0 bridgehead atoms. The van der Waals surface area contributed by atoms with Crippen molar-refractivity contribution >= 4 is 32.8 Å². The number of rotatable bonds is 9. The van der Waals surface area contributed by atoms with Crippen LogP contribution in [0, 0.1) is 10.1 Å². The van der Waals surface area contributed by atoms with Crippen LogP contribution in [0.3, 0.4) is 0 Å². The van der Waals surface area contributed by atoms with Crippen LogP contribution in [0.2, 0.25) is 0 Å². The van der Waals surface area contributed by atoms with Gasteiger partial charge in [0, 0.05) is 43.7 Å². The second-order valence-corrected chi connectivity index (χ2v) is 8.99. The largest absolute Gasteiger partial charge is 0.383 e. The van der Waals surface area contributed by atoms with Crippen molar-refractivity contribution in [1.82, 2.24) is 4.72 Å². The summed E-state index contributed by atoms with van der Waals surface area (Å²) in [6, 6.07) is 11.0. The van der Waals surface area contributed by atoms with E-state index in [2.05, 4.69) is 14.9 Å². The van der Waals surface area contributed by atoms with Crippen molar-refractivity contribution in [2.45, 2.75) is 30.7 Å². The first-order chi connectivity index (χ1) is 14.3. The van der Waals surface area contributed by atoms with Crippen LogP contribution in [-0.2, 0) is 14.8 Å². The predicted octanol–water partition coefficient (Wildman–Crippen LogP) is 3.25. The number of hydrogen-bond donors (Lipinski definition) is 2. The third-order valence-corrected chi connectivity index (χ3v) is 6.45. The number of nitrogens with zero attached hydrogens (tertiary/aromatic N) is 2. The van der Waals surface area contributed by atoms with Crippen molar-refractivity contribution in [1.29, 1.82) is 0 Å². The summed E-state index contributed by atoms with van der Waals surface area (Å²) >= 11 is 0. The Labute approximate surface area is 176 Å². The Morgan fingerprint density at radius 2 is 1.83 bits per heavy atom. The van der Waals surface area contributed by atoms with Gasteiger partial charge >= 0.3 is 0 Å². The summed E-state index contributed by atoms with van der Waals surface area (Å²) in [4.78, 5) is 13.1. The smallest absolute Gasteiger partial charge is 0.294 e. The van der Waals surface area contributed by atoms with Gasteiger partial charge in [-0.25, -0.2) is 13.1 Å². The lowest BCUT2D eigenvalue weighted by atomic mass is 10.2. The topological polar surface area (TPSA) is 114 Å². The average Bonchev–Trinajstić information content (AvgIpc) is 3.23. The Morgan fingerprint density at radius 3 is 2.43 bits per heavy atom. The fourth-order valence-corrected chi connectivity index (χ4v) is 4.69. The van der Waals surface area contributed by atoms with E-state index in [0.717, 1.165) is 24.8 Å². The molecule has 1 fully saturated rings. The molecule has 0 amide bonds. The molecule has 30 heavy (non-hydrogen) atoms. The SMILES string of the molecule is COC[C@@H](C)NS(=O)(=O)c1ccc(Nc2ccc(N3CCCC3)cc2)c([N+](=O)[O-])c1. The lowest BCUT2D eigenvalue weighted by Gasteiger charge is -2.18. The highest BCUT2D eigenvalue weighted by Crippen LogP contribution is 2.31. The van der Waals surface area contributed by atoms with Crippen molar-refractivity contribution < 1.29 is 18.1 Å². The number of ether oxygens (including phenoxy) is 1. The Morgan fingerprint density at radius 1 is 1.17 bits per heavy atom. The van der Waals surface area contributed by atoms with Gasteiger partial charge in [-0.05, 0) is 56.2 Å². The molecule has 0 saturated carbocycles. The first-order valence-corrected chi connectivity index (χ1v) is 11.2.